The molecule has 5 nitrogen and oxygen atoms in total. The minimum Gasteiger partial charge on any atom is -0.493 e. The molecule has 0 atom stereocenters. The molecule has 0 radical (unpaired) electrons. The third-order valence-corrected chi connectivity index (χ3v) is 9.51. The van der Waals surface area contributed by atoms with Gasteiger partial charge in [-0.15, -0.1) is 29.1 Å². The fourth-order valence-corrected chi connectivity index (χ4v) is 7.04. The smallest absolute Gasteiger partial charge is 0.262 e. The van der Waals surface area contributed by atoms with E-state index in [1.807, 2.05) is 54.6 Å². The van der Waals surface area contributed by atoms with Crippen molar-refractivity contribution in [3.63, 3.8) is 0 Å². The van der Waals surface area contributed by atoms with Gasteiger partial charge in [0.25, 0.3) is 5.56 Å². The maximum atomic E-state index is 13.1. The Hall–Kier alpha value is -5.60. The van der Waals surface area contributed by atoms with E-state index in [0.717, 1.165) is 46.7 Å². The molecule has 0 saturated carbocycles. The molecule has 0 spiro atoms. The van der Waals surface area contributed by atoms with E-state index in [2.05, 4.69) is 78.1 Å². The summed E-state index contributed by atoms with van der Waals surface area (Å²) in [6.07, 6.45) is 7.08. The van der Waals surface area contributed by atoms with Crippen molar-refractivity contribution in [2.75, 3.05) is 4.90 Å². The average Bonchev–Trinajstić information content (AvgIpc) is 3.74. The number of hydrogen-bond donors (Lipinski definition) is 1. The molecule has 3 heterocycles. The number of pyridine rings is 1. The molecule has 0 aliphatic carbocycles. The highest BCUT2D eigenvalue weighted by Gasteiger charge is 2.15. The molecule has 44 heavy (non-hydrogen) atoms. The van der Waals surface area contributed by atoms with Gasteiger partial charge in [-0.05, 0) is 72.3 Å². The first kappa shape index (κ1) is 28.5. The van der Waals surface area contributed by atoms with Crippen LogP contribution in [-0.2, 0) is 6.54 Å². The number of aromatic nitrogens is 1. The van der Waals surface area contributed by atoms with Gasteiger partial charge < -0.3 is 10.0 Å². The Morgan fingerprint density at radius 1 is 0.818 bits per heavy atom. The van der Waals surface area contributed by atoms with E-state index >= 15 is 0 Å². The van der Waals surface area contributed by atoms with E-state index in [0.29, 0.717) is 0 Å². The summed E-state index contributed by atoms with van der Waals surface area (Å²) in [5, 5.41) is 20.3. The molecule has 0 bridgehead atoms. The normalized spacial score (nSPS) is 11.2. The number of anilines is 3. The molecule has 0 unspecified atom stereocenters. The lowest BCUT2D eigenvalue weighted by atomic mass is 10.1. The first-order valence-electron chi connectivity index (χ1n) is 13.7. The summed E-state index contributed by atoms with van der Waals surface area (Å²) in [6.45, 7) is 3.74. The van der Waals surface area contributed by atoms with E-state index in [4.69, 9.17) is 6.42 Å². The molecule has 212 valence electrons. The van der Waals surface area contributed by atoms with Gasteiger partial charge in [0, 0.05) is 47.0 Å². The lowest BCUT2D eigenvalue weighted by Crippen LogP contribution is -2.45. The van der Waals surface area contributed by atoms with Gasteiger partial charge in [0.15, 0.2) is 0 Å². The van der Waals surface area contributed by atoms with Crippen LogP contribution < -0.4 is 20.9 Å². The molecule has 0 amide bonds. The van der Waals surface area contributed by atoms with Crippen LogP contribution in [0.25, 0.3) is 32.8 Å². The zero-order valence-electron chi connectivity index (χ0n) is 23.5. The van der Waals surface area contributed by atoms with E-state index in [1.54, 1.807) is 17.4 Å². The Kier molecular flexibility index (Phi) is 7.99. The lowest BCUT2D eigenvalue weighted by molar-refractivity contribution is 0.414. The summed E-state index contributed by atoms with van der Waals surface area (Å²) in [4.78, 5) is 19.4. The minimum atomic E-state index is -0.487. The number of nitrogens with zero attached hydrogens (tertiary/aromatic N) is 3. The summed E-state index contributed by atoms with van der Waals surface area (Å²) in [7, 11) is 0. The van der Waals surface area contributed by atoms with Crippen LogP contribution in [0.5, 0.6) is 5.88 Å². The maximum Gasteiger partial charge on any atom is 0.262 e. The van der Waals surface area contributed by atoms with Crippen LogP contribution in [0.2, 0.25) is 0 Å². The highest BCUT2D eigenvalue weighted by atomic mass is 32.1. The van der Waals surface area contributed by atoms with Crippen LogP contribution in [0.1, 0.15) is 10.4 Å². The highest BCUT2D eigenvalue weighted by molar-refractivity contribution is 7.24. The molecule has 6 aromatic rings. The van der Waals surface area contributed by atoms with Gasteiger partial charge in [-0.3, -0.25) is 9.36 Å². The van der Waals surface area contributed by atoms with Crippen molar-refractivity contribution in [1.82, 2.24) is 4.57 Å². The summed E-state index contributed by atoms with van der Waals surface area (Å²) >= 11 is 3.23. The van der Waals surface area contributed by atoms with Crippen LogP contribution >= 0.6 is 22.7 Å². The van der Waals surface area contributed by atoms with Crippen molar-refractivity contribution in [1.29, 1.82) is 5.26 Å². The number of terminal acetylenes is 1. The number of hydrogen-bond acceptors (Lipinski definition) is 6. The van der Waals surface area contributed by atoms with Crippen LogP contribution in [-0.4, -0.2) is 9.67 Å². The largest absolute Gasteiger partial charge is 0.493 e. The van der Waals surface area contributed by atoms with Crippen LogP contribution in [0.4, 0.5) is 17.1 Å². The topological polar surface area (TPSA) is 69.3 Å². The standard InChI is InChI=1S/C37H25N3O2S2/c1-3-22-39-36(41)31(25(2)32(24-38)37(39)42)23-30-18-19-34(43-30)35-21-20-33(44-35)26-14-16-29(17-15-26)40(27-10-6-4-7-11-27)28-12-8-5-9-13-28/h1,4-21,23,42H,2,22H2/b31-23-. The van der Waals surface area contributed by atoms with Crippen molar-refractivity contribution in [3.05, 3.63) is 140 Å². The van der Waals surface area contributed by atoms with Crippen molar-refractivity contribution < 1.29 is 5.11 Å². The second kappa shape index (κ2) is 12.3. The van der Waals surface area contributed by atoms with Gasteiger partial charge in [-0.2, -0.15) is 5.26 Å². The van der Waals surface area contributed by atoms with Crippen molar-refractivity contribution in [2.45, 2.75) is 6.54 Å². The Labute approximate surface area is 262 Å². The zero-order chi connectivity index (χ0) is 30.6. The van der Waals surface area contributed by atoms with Gasteiger partial charge in [0.05, 0.1) is 6.54 Å². The molecule has 0 aliphatic heterocycles. The van der Waals surface area contributed by atoms with E-state index < -0.39 is 11.4 Å². The van der Waals surface area contributed by atoms with Crippen molar-refractivity contribution >= 4 is 52.4 Å². The Bertz CT molecular complexity index is 2180. The molecule has 3 aromatic heterocycles. The number of para-hydroxylation sites is 2. The summed E-state index contributed by atoms with van der Waals surface area (Å²) in [5.74, 6) is 1.89. The van der Waals surface area contributed by atoms with Crippen LogP contribution in [0.15, 0.2) is 114 Å². The quantitative estimate of drug-likeness (QED) is 0.195. The zero-order valence-corrected chi connectivity index (χ0v) is 25.1. The molecule has 6 rings (SSSR count). The van der Waals surface area contributed by atoms with Crippen molar-refractivity contribution in [2.24, 2.45) is 0 Å². The first-order valence-corrected chi connectivity index (χ1v) is 15.3. The predicted molar refractivity (Wildman–Crippen MR) is 182 cm³/mol. The molecular weight excluding hydrogens is 583 g/mol. The molecule has 7 heteroatoms. The van der Waals surface area contributed by atoms with Crippen LogP contribution in [0.3, 0.4) is 0 Å². The summed E-state index contributed by atoms with van der Waals surface area (Å²) in [6, 6.07) is 39.3. The molecule has 3 aromatic carbocycles. The number of nitriles is 1. The van der Waals surface area contributed by atoms with Gasteiger partial charge in [-0.25, -0.2) is 0 Å². The number of thiophene rings is 2. The fourth-order valence-electron chi connectivity index (χ4n) is 4.99. The lowest BCUT2D eigenvalue weighted by Gasteiger charge is -2.25. The predicted octanol–water partition coefficient (Wildman–Crippen LogP) is 7.22. The molecule has 0 fully saturated rings. The monoisotopic (exact) mass is 607 g/mol. The van der Waals surface area contributed by atoms with Gasteiger partial charge in [-0.1, -0.05) is 61.0 Å². The molecule has 0 saturated heterocycles. The molecule has 1 N–H and O–H groups in total. The van der Waals surface area contributed by atoms with Gasteiger partial charge in [0.1, 0.15) is 11.6 Å². The average molecular weight is 608 g/mol. The van der Waals surface area contributed by atoms with Gasteiger partial charge >= 0.3 is 0 Å². The molecular formula is C37H25N3O2S2. The fraction of sp³-hybridized carbons (Fsp3) is 0.0270. The van der Waals surface area contributed by atoms with Gasteiger partial charge in [0.2, 0.25) is 5.88 Å². The molecule has 0 aliphatic rings. The van der Waals surface area contributed by atoms with E-state index in [1.165, 1.54) is 11.3 Å². The van der Waals surface area contributed by atoms with E-state index in [9.17, 15) is 15.2 Å². The second-order valence-corrected chi connectivity index (χ2v) is 12.1. The third kappa shape index (κ3) is 5.46. The summed E-state index contributed by atoms with van der Waals surface area (Å²) in [5.41, 5.74) is 3.82. The second-order valence-electron chi connectivity index (χ2n) is 9.86. The minimum absolute atomic E-state index is 0.0625. The van der Waals surface area contributed by atoms with Crippen molar-refractivity contribution in [3.8, 4) is 44.5 Å². The van der Waals surface area contributed by atoms with E-state index in [-0.39, 0.29) is 22.5 Å². The highest BCUT2D eigenvalue weighted by Crippen LogP contribution is 2.40. The SMILES string of the molecule is C#CCn1c(O)c(C#N)c(=C)/c(=C/c2ccc(-c3ccc(-c4ccc(N(c5ccccc5)c5ccccc5)cc4)s3)s2)c1=O. The van der Waals surface area contributed by atoms with Crippen LogP contribution in [0, 0.1) is 23.7 Å². The first-order chi connectivity index (χ1) is 21.5. The number of rotatable bonds is 7. The maximum absolute atomic E-state index is 13.1. The number of aromatic hydroxyl groups is 1. The summed E-state index contributed by atoms with van der Waals surface area (Å²) < 4.78 is 1.02. The number of benzene rings is 3. The Balaban J connectivity index is 1.30. The Morgan fingerprint density at radius 3 is 2.00 bits per heavy atom. The third-order valence-electron chi connectivity index (χ3n) is 7.14. The Morgan fingerprint density at radius 2 is 1.39 bits per heavy atom.